The van der Waals surface area contributed by atoms with E-state index in [4.69, 9.17) is 11.6 Å². The Morgan fingerprint density at radius 3 is 2.50 bits per heavy atom. The van der Waals surface area contributed by atoms with Gasteiger partial charge in [0.1, 0.15) is 17.7 Å². The number of alkyl halides is 3. The van der Waals surface area contributed by atoms with Gasteiger partial charge in [-0.2, -0.15) is 18.4 Å². The highest BCUT2D eigenvalue weighted by molar-refractivity contribution is 6.31. The Bertz CT molecular complexity index is 1640. The molecule has 3 amide bonds. The first-order chi connectivity index (χ1) is 18.8. The molecule has 4 N–H and O–H groups in total. The van der Waals surface area contributed by atoms with Gasteiger partial charge in [0.05, 0.1) is 40.8 Å². The van der Waals surface area contributed by atoms with Crippen LogP contribution >= 0.6 is 11.6 Å². The zero-order valence-corrected chi connectivity index (χ0v) is 21.0. The fourth-order valence-electron chi connectivity index (χ4n) is 4.98. The van der Waals surface area contributed by atoms with Crippen LogP contribution in [0.3, 0.4) is 0 Å². The zero-order valence-electron chi connectivity index (χ0n) is 20.3. The number of nitrogens with zero attached hydrogens (tertiary/aromatic N) is 2. The number of nitriles is 1. The molecule has 3 aromatic rings. The molecule has 0 radical (unpaired) electrons. The van der Waals surface area contributed by atoms with E-state index in [1.165, 1.54) is 19.2 Å². The van der Waals surface area contributed by atoms with Crippen molar-refractivity contribution in [1.29, 1.82) is 5.26 Å². The van der Waals surface area contributed by atoms with Crippen LogP contribution < -0.4 is 20.9 Å². The van der Waals surface area contributed by atoms with Crippen molar-refractivity contribution in [3.8, 4) is 6.07 Å². The molecule has 3 aromatic carbocycles. The van der Waals surface area contributed by atoms with Crippen LogP contribution in [0.2, 0.25) is 5.02 Å². The standard InChI is InChI=1S/C26H17ClF5N5O3/c1-34-17-8-18(21-20(14(17)9-33)23(38)36-22(21)13-6-11(28)2-4-16(13)27)35-24(39)37-10-25(40,26(30,31)32)15-7-12(29)3-5-19(15)37/h2-8,22,34,40H,10H2,1H3,(H,35,39)(H,36,38)/t22-,25+/m1/s1. The molecule has 0 bridgehead atoms. The lowest BCUT2D eigenvalue weighted by Crippen LogP contribution is -2.48. The summed E-state index contributed by atoms with van der Waals surface area (Å²) >= 11 is 6.27. The maximum absolute atomic E-state index is 14.1. The Balaban J connectivity index is 1.64. The number of β-amino-alcohol motifs (C(OH)–C–C–N with tert-alkyl or cyclic N) is 1. The Morgan fingerprint density at radius 1 is 1.18 bits per heavy atom. The van der Waals surface area contributed by atoms with E-state index in [1.54, 1.807) is 0 Å². The van der Waals surface area contributed by atoms with Gasteiger partial charge in [-0.1, -0.05) is 11.6 Å². The van der Waals surface area contributed by atoms with Crippen molar-refractivity contribution < 1.29 is 36.6 Å². The number of nitrogens with one attached hydrogen (secondary N) is 3. The number of anilines is 3. The highest BCUT2D eigenvalue weighted by Crippen LogP contribution is 2.49. The average Bonchev–Trinajstić information content (AvgIpc) is 3.40. The van der Waals surface area contributed by atoms with Gasteiger partial charge in [-0.3, -0.25) is 9.69 Å². The molecule has 14 heteroatoms. The summed E-state index contributed by atoms with van der Waals surface area (Å²) in [6.45, 7) is -1.28. The molecule has 2 aliphatic heterocycles. The van der Waals surface area contributed by atoms with Crippen LogP contribution in [0, 0.1) is 23.0 Å². The van der Waals surface area contributed by atoms with E-state index >= 15 is 0 Å². The van der Waals surface area contributed by atoms with E-state index in [2.05, 4.69) is 16.0 Å². The molecule has 0 spiro atoms. The lowest BCUT2D eigenvalue weighted by atomic mass is 9.92. The average molecular weight is 578 g/mol. The first-order valence-corrected chi connectivity index (χ1v) is 11.9. The van der Waals surface area contributed by atoms with Gasteiger partial charge < -0.3 is 21.1 Å². The third kappa shape index (κ3) is 4.07. The van der Waals surface area contributed by atoms with E-state index < -0.39 is 59.2 Å². The molecule has 0 aliphatic carbocycles. The number of rotatable bonds is 3. The molecule has 0 saturated carbocycles. The molecule has 0 unspecified atom stereocenters. The number of benzene rings is 3. The van der Waals surface area contributed by atoms with Gasteiger partial charge >= 0.3 is 12.2 Å². The summed E-state index contributed by atoms with van der Waals surface area (Å²) in [4.78, 5) is 27.1. The lowest BCUT2D eigenvalue weighted by Gasteiger charge is -2.27. The third-order valence-corrected chi connectivity index (χ3v) is 7.19. The van der Waals surface area contributed by atoms with Crippen LogP contribution in [-0.4, -0.2) is 36.8 Å². The van der Waals surface area contributed by atoms with Crippen LogP contribution in [0.4, 0.5) is 43.8 Å². The molecule has 2 aliphatic rings. The summed E-state index contributed by atoms with van der Waals surface area (Å²) in [5.74, 6) is -2.48. The number of urea groups is 1. The van der Waals surface area contributed by atoms with E-state index in [9.17, 15) is 41.9 Å². The minimum absolute atomic E-state index is 0.0195. The Kier molecular flexibility index (Phi) is 6.35. The van der Waals surface area contributed by atoms with Crippen molar-refractivity contribution in [2.24, 2.45) is 0 Å². The molecular weight excluding hydrogens is 561 g/mol. The molecule has 0 saturated heterocycles. The molecule has 0 aromatic heterocycles. The number of carbonyl (C=O) groups excluding carboxylic acids is 2. The number of halogens is 6. The van der Waals surface area contributed by atoms with Crippen molar-refractivity contribution in [1.82, 2.24) is 5.32 Å². The lowest BCUT2D eigenvalue weighted by molar-refractivity contribution is -0.258. The number of aliphatic hydroxyl groups is 1. The fraction of sp³-hybridized carbons (Fsp3) is 0.192. The van der Waals surface area contributed by atoms with Crippen molar-refractivity contribution in [2.45, 2.75) is 17.8 Å². The second kappa shape index (κ2) is 9.35. The van der Waals surface area contributed by atoms with E-state index in [-0.39, 0.29) is 38.7 Å². The van der Waals surface area contributed by atoms with Crippen LogP contribution in [0.5, 0.6) is 0 Å². The van der Waals surface area contributed by atoms with Crippen LogP contribution in [-0.2, 0) is 5.60 Å². The molecule has 5 rings (SSSR count). The van der Waals surface area contributed by atoms with Gasteiger partial charge in [0.25, 0.3) is 5.91 Å². The monoisotopic (exact) mass is 577 g/mol. The first kappa shape index (κ1) is 27.2. The van der Waals surface area contributed by atoms with Crippen molar-refractivity contribution in [3.05, 3.63) is 86.9 Å². The number of hydrogen-bond donors (Lipinski definition) is 4. The predicted molar refractivity (Wildman–Crippen MR) is 134 cm³/mol. The summed E-state index contributed by atoms with van der Waals surface area (Å²) in [6.07, 6.45) is -5.25. The molecule has 2 heterocycles. The molecule has 8 nitrogen and oxygen atoms in total. The predicted octanol–water partition coefficient (Wildman–Crippen LogP) is 5.17. The number of carbonyl (C=O) groups is 2. The summed E-state index contributed by atoms with van der Waals surface area (Å²) < 4.78 is 69.6. The topological polar surface area (TPSA) is 117 Å². The maximum atomic E-state index is 14.1. The van der Waals surface area contributed by atoms with Gasteiger partial charge in [0.15, 0.2) is 0 Å². The first-order valence-electron chi connectivity index (χ1n) is 11.5. The van der Waals surface area contributed by atoms with Crippen molar-refractivity contribution in [3.63, 3.8) is 0 Å². The fourth-order valence-corrected chi connectivity index (χ4v) is 5.20. The minimum atomic E-state index is -5.25. The highest BCUT2D eigenvalue weighted by atomic mass is 35.5. The third-order valence-electron chi connectivity index (χ3n) is 6.85. The largest absolute Gasteiger partial charge is 0.423 e. The SMILES string of the molecule is CNc1cc(NC(=O)N2C[C@@](O)(C(F)(F)F)c3cc(F)ccc32)c2c(c1C#N)C(=O)N[C@@H]2c1cc(F)ccc1Cl. The molecular formula is C26H17ClF5N5O3. The zero-order chi connectivity index (χ0) is 29.1. The van der Waals surface area contributed by atoms with Gasteiger partial charge in [-0.15, -0.1) is 0 Å². The molecule has 40 heavy (non-hydrogen) atoms. The normalized spacial score (nSPS) is 19.5. The summed E-state index contributed by atoms with van der Waals surface area (Å²) in [6, 6.07) is 6.55. The molecule has 2 atom stereocenters. The summed E-state index contributed by atoms with van der Waals surface area (Å²) in [5, 5.41) is 28.1. The van der Waals surface area contributed by atoms with Gasteiger partial charge in [-0.05, 0) is 42.5 Å². The van der Waals surface area contributed by atoms with Gasteiger partial charge in [-0.25, -0.2) is 13.6 Å². The van der Waals surface area contributed by atoms with Crippen LogP contribution in [0.1, 0.15) is 38.7 Å². The van der Waals surface area contributed by atoms with Gasteiger partial charge in [0.2, 0.25) is 5.60 Å². The smallest absolute Gasteiger partial charge is 0.387 e. The second-order valence-electron chi connectivity index (χ2n) is 9.11. The number of fused-ring (bicyclic) bond motifs is 2. The Hall–Kier alpha value is -4.41. The van der Waals surface area contributed by atoms with Gasteiger partial charge in [0, 0.05) is 28.8 Å². The van der Waals surface area contributed by atoms with E-state index in [0.29, 0.717) is 11.0 Å². The van der Waals surface area contributed by atoms with Crippen LogP contribution in [0.15, 0.2) is 42.5 Å². The highest BCUT2D eigenvalue weighted by Gasteiger charge is 2.61. The number of hydrogen-bond acceptors (Lipinski definition) is 5. The second-order valence-corrected chi connectivity index (χ2v) is 9.51. The Morgan fingerprint density at radius 2 is 1.85 bits per heavy atom. The quantitative estimate of drug-likeness (QED) is 0.321. The molecule has 206 valence electrons. The molecule has 0 fully saturated rings. The number of amides is 3. The van der Waals surface area contributed by atoms with Crippen molar-refractivity contribution in [2.75, 3.05) is 29.1 Å². The van der Waals surface area contributed by atoms with E-state index in [0.717, 1.165) is 24.3 Å². The minimum Gasteiger partial charge on any atom is -0.387 e. The van der Waals surface area contributed by atoms with Crippen molar-refractivity contribution >= 4 is 40.6 Å². The van der Waals surface area contributed by atoms with Crippen LogP contribution in [0.25, 0.3) is 0 Å². The summed E-state index contributed by atoms with van der Waals surface area (Å²) in [7, 11) is 1.44. The maximum Gasteiger partial charge on any atom is 0.423 e. The van der Waals surface area contributed by atoms with E-state index in [1.807, 2.05) is 6.07 Å². The summed E-state index contributed by atoms with van der Waals surface area (Å²) in [5.41, 5.74) is -4.95. The Labute approximate surface area is 228 Å².